The summed E-state index contributed by atoms with van der Waals surface area (Å²) in [6.07, 6.45) is 1.21. The number of aromatic carboxylic acids is 1. The fourth-order valence-corrected chi connectivity index (χ4v) is 4.19. The maximum Gasteiger partial charge on any atom is 0.354 e. The zero-order chi connectivity index (χ0) is 13.0. The Morgan fingerprint density at radius 3 is 3.06 bits per heavy atom. The molecule has 1 saturated heterocycles. The molecule has 1 aromatic rings. The van der Waals surface area contributed by atoms with Crippen LogP contribution in [0.15, 0.2) is 6.33 Å². The lowest BCUT2D eigenvalue weighted by atomic mass is 10.3. The smallest absolute Gasteiger partial charge is 0.354 e. The van der Waals surface area contributed by atoms with Crippen LogP contribution in [0, 0.1) is 0 Å². The van der Waals surface area contributed by atoms with Crippen LogP contribution in [0.25, 0.3) is 0 Å². The molecule has 6 nitrogen and oxygen atoms in total. The standard InChI is InChI=1S/C10H13N3O3S2/c14-9(7-8(10(15)16)13-5-12-7)11-3-6-4-17-1-2-18-6/h5-6H,1-4H2,(H,11,14)(H,12,13)(H,15,16). The van der Waals surface area contributed by atoms with Crippen LogP contribution in [-0.4, -0.2) is 56.0 Å². The number of nitrogens with zero attached hydrogens (tertiary/aromatic N) is 1. The number of amides is 1. The number of hydrogen-bond acceptors (Lipinski definition) is 5. The fourth-order valence-electron chi connectivity index (χ4n) is 1.57. The zero-order valence-electron chi connectivity index (χ0n) is 9.51. The van der Waals surface area contributed by atoms with Gasteiger partial charge >= 0.3 is 5.97 Å². The van der Waals surface area contributed by atoms with E-state index >= 15 is 0 Å². The number of carboxylic acids is 1. The van der Waals surface area contributed by atoms with Crippen LogP contribution in [0.5, 0.6) is 0 Å². The van der Waals surface area contributed by atoms with Crippen molar-refractivity contribution in [2.75, 3.05) is 23.8 Å². The van der Waals surface area contributed by atoms with Gasteiger partial charge in [-0.2, -0.15) is 23.5 Å². The van der Waals surface area contributed by atoms with E-state index in [0.717, 1.165) is 17.3 Å². The number of imidazole rings is 1. The van der Waals surface area contributed by atoms with Crippen molar-refractivity contribution in [3.8, 4) is 0 Å². The minimum Gasteiger partial charge on any atom is -0.477 e. The normalized spacial score (nSPS) is 19.4. The Kier molecular flexibility index (Phi) is 4.54. The van der Waals surface area contributed by atoms with Crippen molar-refractivity contribution in [2.45, 2.75) is 5.25 Å². The first-order valence-electron chi connectivity index (χ1n) is 5.42. The van der Waals surface area contributed by atoms with Crippen molar-refractivity contribution in [3.05, 3.63) is 17.7 Å². The molecule has 0 saturated carbocycles. The Labute approximate surface area is 112 Å². The van der Waals surface area contributed by atoms with Gasteiger partial charge in [0.1, 0.15) is 0 Å². The molecule has 0 aliphatic carbocycles. The van der Waals surface area contributed by atoms with Crippen molar-refractivity contribution in [2.24, 2.45) is 0 Å². The predicted molar refractivity (Wildman–Crippen MR) is 71.5 cm³/mol. The first-order chi connectivity index (χ1) is 8.68. The van der Waals surface area contributed by atoms with Crippen molar-refractivity contribution in [1.29, 1.82) is 0 Å². The number of hydrogen-bond donors (Lipinski definition) is 3. The van der Waals surface area contributed by atoms with Gasteiger partial charge in [-0.25, -0.2) is 9.78 Å². The number of rotatable bonds is 4. The Balaban J connectivity index is 1.91. The van der Waals surface area contributed by atoms with Gasteiger partial charge < -0.3 is 15.4 Å². The van der Waals surface area contributed by atoms with E-state index in [0.29, 0.717) is 11.8 Å². The molecule has 1 amide bonds. The maximum atomic E-state index is 11.8. The summed E-state index contributed by atoms with van der Waals surface area (Å²) in [6, 6.07) is 0. The topological polar surface area (TPSA) is 95.1 Å². The van der Waals surface area contributed by atoms with Crippen LogP contribution < -0.4 is 5.32 Å². The van der Waals surface area contributed by atoms with Crippen molar-refractivity contribution in [1.82, 2.24) is 15.3 Å². The first kappa shape index (κ1) is 13.3. The molecule has 2 rings (SSSR count). The molecule has 0 aromatic carbocycles. The number of carboxylic acid groups (broad SMARTS) is 1. The highest BCUT2D eigenvalue weighted by Gasteiger charge is 2.21. The lowest BCUT2D eigenvalue weighted by Gasteiger charge is -2.20. The molecule has 3 N–H and O–H groups in total. The van der Waals surface area contributed by atoms with E-state index in [1.54, 1.807) is 0 Å². The third kappa shape index (κ3) is 3.20. The first-order valence-corrected chi connectivity index (χ1v) is 7.63. The zero-order valence-corrected chi connectivity index (χ0v) is 11.1. The van der Waals surface area contributed by atoms with Gasteiger partial charge in [0.15, 0.2) is 11.4 Å². The molecular weight excluding hydrogens is 274 g/mol. The number of aromatic amines is 1. The third-order valence-electron chi connectivity index (χ3n) is 2.44. The minimum absolute atomic E-state index is 0.0593. The van der Waals surface area contributed by atoms with Crippen molar-refractivity contribution in [3.63, 3.8) is 0 Å². The minimum atomic E-state index is -1.18. The molecule has 0 bridgehead atoms. The van der Waals surface area contributed by atoms with Crippen LogP contribution in [0.4, 0.5) is 0 Å². The molecule has 1 fully saturated rings. The number of H-pyrrole nitrogens is 1. The Hall–Kier alpha value is -1.15. The molecular formula is C10H13N3O3S2. The summed E-state index contributed by atoms with van der Waals surface area (Å²) >= 11 is 3.70. The predicted octanol–water partition coefficient (Wildman–Crippen LogP) is 0.686. The molecule has 2 heterocycles. The number of thioether (sulfide) groups is 2. The van der Waals surface area contributed by atoms with Gasteiger partial charge in [0.25, 0.3) is 5.91 Å². The fraction of sp³-hybridized carbons (Fsp3) is 0.500. The van der Waals surface area contributed by atoms with Gasteiger partial charge in [0.05, 0.1) is 6.33 Å². The van der Waals surface area contributed by atoms with Crippen LogP contribution >= 0.6 is 23.5 Å². The number of aromatic nitrogens is 2. The molecule has 1 aromatic heterocycles. The summed E-state index contributed by atoms with van der Waals surface area (Å²) in [5.74, 6) is 1.63. The quantitative estimate of drug-likeness (QED) is 0.754. The van der Waals surface area contributed by atoms with Crippen molar-refractivity contribution < 1.29 is 14.7 Å². The maximum absolute atomic E-state index is 11.8. The Morgan fingerprint density at radius 2 is 2.39 bits per heavy atom. The van der Waals surface area contributed by atoms with E-state index in [1.165, 1.54) is 6.33 Å². The summed E-state index contributed by atoms with van der Waals surface area (Å²) in [5, 5.41) is 12.0. The van der Waals surface area contributed by atoms with Crippen molar-refractivity contribution >= 4 is 35.4 Å². The van der Waals surface area contributed by atoms with Gasteiger partial charge in [0, 0.05) is 29.1 Å². The lowest BCUT2D eigenvalue weighted by molar-refractivity contribution is 0.0685. The molecule has 1 aliphatic rings. The summed E-state index contributed by atoms with van der Waals surface area (Å²) in [5.41, 5.74) is -0.228. The number of carbonyl (C=O) groups excluding carboxylic acids is 1. The molecule has 98 valence electrons. The number of carbonyl (C=O) groups is 2. The van der Waals surface area contributed by atoms with E-state index in [4.69, 9.17) is 5.11 Å². The molecule has 1 atom stereocenters. The molecule has 1 aliphatic heterocycles. The monoisotopic (exact) mass is 287 g/mol. The second-order valence-electron chi connectivity index (χ2n) is 3.71. The van der Waals surface area contributed by atoms with E-state index in [9.17, 15) is 9.59 Å². The van der Waals surface area contributed by atoms with E-state index in [-0.39, 0.29) is 11.4 Å². The highest BCUT2D eigenvalue weighted by molar-refractivity contribution is 8.06. The molecule has 0 radical (unpaired) electrons. The average molecular weight is 287 g/mol. The second-order valence-corrected chi connectivity index (χ2v) is 6.27. The Morgan fingerprint density at radius 1 is 1.56 bits per heavy atom. The van der Waals surface area contributed by atoms with Gasteiger partial charge in [-0.05, 0) is 0 Å². The molecule has 1 unspecified atom stereocenters. The van der Waals surface area contributed by atoms with Gasteiger partial charge in [-0.1, -0.05) is 0 Å². The largest absolute Gasteiger partial charge is 0.477 e. The molecule has 18 heavy (non-hydrogen) atoms. The summed E-state index contributed by atoms with van der Waals surface area (Å²) in [6.45, 7) is 0.544. The van der Waals surface area contributed by atoms with E-state index in [2.05, 4.69) is 15.3 Å². The molecule has 8 heteroatoms. The third-order valence-corrected chi connectivity index (χ3v) is 5.29. The van der Waals surface area contributed by atoms with Gasteiger partial charge in [-0.3, -0.25) is 4.79 Å². The lowest BCUT2D eigenvalue weighted by Crippen LogP contribution is -2.34. The number of nitrogens with one attached hydrogen (secondary N) is 2. The van der Waals surface area contributed by atoms with Crippen LogP contribution in [-0.2, 0) is 0 Å². The highest BCUT2D eigenvalue weighted by Crippen LogP contribution is 2.23. The van der Waals surface area contributed by atoms with Gasteiger partial charge in [0.2, 0.25) is 0 Å². The van der Waals surface area contributed by atoms with Crippen LogP contribution in [0.1, 0.15) is 21.0 Å². The average Bonchev–Trinajstić information content (AvgIpc) is 2.86. The van der Waals surface area contributed by atoms with Crippen LogP contribution in [0.2, 0.25) is 0 Å². The SMILES string of the molecule is O=C(NCC1CSCCS1)c1nc[nH]c1C(=O)O. The summed E-state index contributed by atoms with van der Waals surface area (Å²) in [7, 11) is 0. The second kappa shape index (κ2) is 6.14. The van der Waals surface area contributed by atoms with E-state index in [1.807, 2.05) is 23.5 Å². The Bertz CT molecular complexity index is 443. The van der Waals surface area contributed by atoms with Gasteiger partial charge in [-0.15, -0.1) is 0 Å². The summed E-state index contributed by atoms with van der Waals surface area (Å²) < 4.78 is 0. The van der Waals surface area contributed by atoms with Crippen LogP contribution in [0.3, 0.4) is 0 Å². The van der Waals surface area contributed by atoms with E-state index < -0.39 is 11.9 Å². The highest BCUT2D eigenvalue weighted by atomic mass is 32.2. The summed E-state index contributed by atoms with van der Waals surface area (Å²) in [4.78, 5) is 28.8. The molecule has 0 spiro atoms.